The standard InChI is InChI=1S/C18H26O2Si2/c1-19-17-14-18(20-2)16(10-12-22(6,7)8)13-15(17)9-11-21(3,4)5/h13-14H,1-8H3. The van der Waals surface area contributed by atoms with E-state index in [1.165, 1.54) is 0 Å². The van der Waals surface area contributed by atoms with Crippen molar-refractivity contribution in [1.29, 1.82) is 0 Å². The maximum atomic E-state index is 5.45. The summed E-state index contributed by atoms with van der Waals surface area (Å²) in [5, 5.41) is 0. The molecule has 0 bridgehead atoms. The van der Waals surface area contributed by atoms with Gasteiger partial charge in [0.05, 0.1) is 25.3 Å². The van der Waals surface area contributed by atoms with Gasteiger partial charge >= 0.3 is 0 Å². The zero-order valence-corrected chi connectivity index (χ0v) is 17.0. The van der Waals surface area contributed by atoms with Crippen LogP contribution in [0, 0.1) is 22.9 Å². The van der Waals surface area contributed by atoms with Crippen LogP contribution in [0.2, 0.25) is 39.3 Å². The van der Waals surface area contributed by atoms with E-state index in [4.69, 9.17) is 9.47 Å². The molecule has 0 saturated heterocycles. The SMILES string of the molecule is COc1cc(OC)c(C#C[Si](C)(C)C)cc1C#C[Si](C)(C)C. The van der Waals surface area contributed by atoms with E-state index in [0.717, 1.165) is 22.6 Å². The van der Waals surface area contributed by atoms with Gasteiger partial charge in [-0.05, 0) is 6.07 Å². The number of methoxy groups -OCH3 is 2. The minimum atomic E-state index is -1.44. The van der Waals surface area contributed by atoms with Gasteiger partial charge in [0.1, 0.15) is 27.6 Å². The van der Waals surface area contributed by atoms with Crippen LogP contribution in [-0.2, 0) is 0 Å². The lowest BCUT2D eigenvalue weighted by Crippen LogP contribution is -2.16. The normalized spacial score (nSPS) is 10.9. The Morgan fingerprint density at radius 3 is 1.32 bits per heavy atom. The van der Waals surface area contributed by atoms with E-state index >= 15 is 0 Å². The van der Waals surface area contributed by atoms with E-state index in [2.05, 4.69) is 62.2 Å². The Kier molecular flexibility index (Phi) is 5.94. The van der Waals surface area contributed by atoms with Gasteiger partial charge in [0.2, 0.25) is 0 Å². The largest absolute Gasteiger partial charge is 0.495 e. The Labute approximate surface area is 137 Å². The number of benzene rings is 1. The topological polar surface area (TPSA) is 18.5 Å². The lowest BCUT2D eigenvalue weighted by molar-refractivity contribution is 0.393. The minimum absolute atomic E-state index is 0.737. The fourth-order valence-corrected chi connectivity index (χ4v) is 2.62. The Balaban J connectivity index is 3.44. The lowest BCUT2D eigenvalue weighted by atomic mass is 10.1. The third-order valence-corrected chi connectivity index (χ3v) is 4.42. The first-order chi connectivity index (χ1) is 10.1. The molecule has 0 aliphatic heterocycles. The van der Waals surface area contributed by atoms with Crippen LogP contribution in [0.1, 0.15) is 11.1 Å². The molecule has 0 aliphatic carbocycles. The van der Waals surface area contributed by atoms with Crippen LogP contribution in [0.25, 0.3) is 0 Å². The number of hydrogen-bond donors (Lipinski definition) is 0. The molecule has 0 radical (unpaired) electrons. The predicted octanol–water partition coefficient (Wildman–Crippen LogP) is 4.16. The van der Waals surface area contributed by atoms with E-state index in [9.17, 15) is 0 Å². The Morgan fingerprint density at radius 1 is 0.682 bits per heavy atom. The van der Waals surface area contributed by atoms with Gasteiger partial charge in [-0.3, -0.25) is 0 Å². The van der Waals surface area contributed by atoms with E-state index < -0.39 is 16.1 Å². The zero-order valence-electron chi connectivity index (χ0n) is 15.0. The summed E-state index contributed by atoms with van der Waals surface area (Å²) in [7, 11) is 0.428. The van der Waals surface area contributed by atoms with E-state index in [1.54, 1.807) is 14.2 Å². The van der Waals surface area contributed by atoms with E-state index in [1.807, 2.05) is 12.1 Å². The average Bonchev–Trinajstić information content (AvgIpc) is 2.40. The molecule has 1 aromatic carbocycles. The molecule has 0 aliphatic rings. The van der Waals surface area contributed by atoms with Gasteiger partial charge in [-0.25, -0.2) is 0 Å². The predicted molar refractivity (Wildman–Crippen MR) is 100.0 cm³/mol. The quantitative estimate of drug-likeness (QED) is 0.599. The molecule has 0 aromatic heterocycles. The Morgan fingerprint density at radius 2 is 1.05 bits per heavy atom. The van der Waals surface area contributed by atoms with Crippen molar-refractivity contribution in [1.82, 2.24) is 0 Å². The summed E-state index contributed by atoms with van der Waals surface area (Å²) >= 11 is 0. The van der Waals surface area contributed by atoms with Crippen molar-refractivity contribution in [2.45, 2.75) is 39.3 Å². The van der Waals surface area contributed by atoms with Gasteiger partial charge < -0.3 is 9.47 Å². The summed E-state index contributed by atoms with van der Waals surface area (Å²) in [6.07, 6.45) is 0. The molecule has 22 heavy (non-hydrogen) atoms. The van der Waals surface area contributed by atoms with Crippen molar-refractivity contribution in [2.24, 2.45) is 0 Å². The van der Waals surface area contributed by atoms with Crippen molar-refractivity contribution >= 4 is 16.1 Å². The van der Waals surface area contributed by atoms with E-state index in [0.29, 0.717) is 0 Å². The fraction of sp³-hybridized carbons (Fsp3) is 0.444. The van der Waals surface area contributed by atoms with Crippen LogP contribution in [0.3, 0.4) is 0 Å². The first-order valence-corrected chi connectivity index (χ1v) is 14.4. The molecule has 0 N–H and O–H groups in total. The van der Waals surface area contributed by atoms with Crippen LogP contribution in [0.5, 0.6) is 11.5 Å². The smallest absolute Gasteiger partial charge is 0.138 e. The molecule has 0 fully saturated rings. The molecule has 0 amide bonds. The summed E-state index contributed by atoms with van der Waals surface area (Å²) in [5.74, 6) is 8.01. The zero-order chi connectivity index (χ0) is 17.0. The van der Waals surface area contributed by atoms with Gasteiger partial charge in [0, 0.05) is 6.07 Å². The molecular formula is C18H26O2Si2. The second kappa shape index (κ2) is 7.09. The highest BCUT2D eigenvalue weighted by Gasteiger charge is 2.12. The minimum Gasteiger partial charge on any atom is -0.495 e. The summed E-state index contributed by atoms with van der Waals surface area (Å²) in [5.41, 5.74) is 8.52. The Hall–Kier alpha value is -1.63. The lowest BCUT2D eigenvalue weighted by Gasteiger charge is -2.10. The molecule has 2 nitrogen and oxygen atoms in total. The number of ether oxygens (including phenoxy) is 2. The molecular weight excluding hydrogens is 304 g/mol. The van der Waals surface area contributed by atoms with Gasteiger partial charge in [-0.2, -0.15) is 0 Å². The summed E-state index contributed by atoms with van der Waals surface area (Å²) in [6.45, 7) is 13.3. The monoisotopic (exact) mass is 330 g/mol. The van der Waals surface area contributed by atoms with Gasteiger partial charge in [0.25, 0.3) is 0 Å². The van der Waals surface area contributed by atoms with E-state index in [-0.39, 0.29) is 0 Å². The van der Waals surface area contributed by atoms with Crippen molar-refractivity contribution in [3.8, 4) is 34.4 Å². The maximum Gasteiger partial charge on any atom is 0.138 e. The van der Waals surface area contributed by atoms with Crippen LogP contribution >= 0.6 is 0 Å². The molecule has 0 saturated carbocycles. The first kappa shape index (κ1) is 18.4. The van der Waals surface area contributed by atoms with Gasteiger partial charge in [-0.15, -0.1) is 11.1 Å². The van der Waals surface area contributed by atoms with Crippen LogP contribution < -0.4 is 9.47 Å². The van der Waals surface area contributed by atoms with Crippen molar-refractivity contribution in [3.05, 3.63) is 23.3 Å². The average molecular weight is 331 g/mol. The molecule has 118 valence electrons. The van der Waals surface area contributed by atoms with Crippen LogP contribution in [0.15, 0.2) is 12.1 Å². The fourth-order valence-electron chi connectivity index (χ4n) is 1.60. The first-order valence-electron chi connectivity index (χ1n) is 7.38. The third kappa shape index (κ3) is 6.01. The summed E-state index contributed by atoms with van der Waals surface area (Å²) < 4.78 is 10.9. The van der Waals surface area contributed by atoms with Crippen molar-refractivity contribution in [2.75, 3.05) is 14.2 Å². The second-order valence-corrected chi connectivity index (χ2v) is 16.8. The van der Waals surface area contributed by atoms with Crippen molar-refractivity contribution in [3.63, 3.8) is 0 Å². The molecule has 0 atom stereocenters. The summed E-state index contributed by atoms with van der Waals surface area (Å²) in [6, 6.07) is 3.86. The third-order valence-electron chi connectivity index (χ3n) is 2.67. The highest BCUT2D eigenvalue weighted by molar-refractivity contribution is 6.84. The molecule has 0 spiro atoms. The van der Waals surface area contributed by atoms with Crippen molar-refractivity contribution < 1.29 is 9.47 Å². The molecule has 0 heterocycles. The molecule has 4 heteroatoms. The second-order valence-electron chi connectivity index (χ2n) is 7.25. The highest BCUT2D eigenvalue weighted by atomic mass is 28.3. The molecule has 1 rings (SSSR count). The van der Waals surface area contributed by atoms with Gasteiger partial charge in [0.15, 0.2) is 0 Å². The maximum absolute atomic E-state index is 5.45. The Bertz CT molecular complexity index is 602. The summed E-state index contributed by atoms with van der Waals surface area (Å²) in [4.78, 5) is 0. The van der Waals surface area contributed by atoms with Crippen LogP contribution in [0.4, 0.5) is 0 Å². The number of hydrogen-bond acceptors (Lipinski definition) is 2. The number of rotatable bonds is 2. The van der Waals surface area contributed by atoms with Gasteiger partial charge in [-0.1, -0.05) is 51.1 Å². The molecule has 1 aromatic rings. The molecule has 0 unspecified atom stereocenters. The highest BCUT2D eigenvalue weighted by Crippen LogP contribution is 2.28. The van der Waals surface area contributed by atoms with Crippen LogP contribution in [-0.4, -0.2) is 30.4 Å².